The topological polar surface area (TPSA) is 0 Å². The van der Waals surface area contributed by atoms with Gasteiger partial charge in [0.05, 0.1) is 0 Å². The van der Waals surface area contributed by atoms with Crippen molar-refractivity contribution < 1.29 is 0 Å². The van der Waals surface area contributed by atoms with E-state index >= 15 is 0 Å². The molecule has 336 valence electrons. The Balaban J connectivity index is -0.000000719. The molecule has 0 heterocycles. The van der Waals surface area contributed by atoms with Gasteiger partial charge in [-0.3, -0.25) is 0 Å². The van der Waals surface area contributed by atoms with Gasteiger partial charge < -0.3 is 0 Å². The average Bonchev–Trinajstić information content (AvgIpc) is 2.89. The molecule has 0 aliphatic heterocycles. The molecule has 0 radical (unpaired) electrons. The molecule has 0 spiro atoms. The molecule has 4 rings (SSSR count). The molecular weight excluding hydrogens is 661 g/mol. The summed E-state index contributed by atoms with van der Waals surface area (Å²) in [6, 6.07) is 0. The van der Waals surface area contributed by atoms with E-state index in [0.29, 0.717) is 27.1 Å². The Labute approximate surface area is 354 Å². The standard InChI is InChI=1S/C22H40.C17H36.4C4H10/c1-15(2)19-9-20(16(3)4)12-21(10-19,17(5)6)14-22(11-19,13-20)18(7)8;1-13(2)9-17(10-14(3)4,11-15(5)6)12-16(7)8;4*1-4(2)3/h15-18H,9-14H2,1-8H3;13-16H,9-12H2,1-8H3;4*4H,1-3H3. The van der Waals surface area contributed by atoms with E-state index in [9.17, 15) is 0 Å². The molecule has 4 saturated carbocycles. The van der Waals surface area contributed by atoms with E-state index < -0.39 is 0 Å². The molecule has 4 aliphatic carbocycles. The highest BCUT2D eigenvalue weighted by Crippen LogP contribution is 2.79. The summed E-state index contributed by atoms with van der Waals surface area (Å²) in [4.78, 5) is 0. The summed E-state index contributed by atoms with van der Waals surface area (Å²) in [5, 5.41) is 0. The van der Waals surface area contributed by atoms with Crippen LogP contribution < -0.4 is 0 Å². The molecular formula is C55H116. The zero-order chi connectivity index (χ0) is 44.5. The fourth-order valence-corrected chi connectivity index (χ4v) is 11.4. The molecule has 0 unspecified atom stereocenters. The average molecular weight is 778 g/mol. The Morgan fingerprint density at radius 2 is 0.364 bits per heavy atom. The van der Waals surface area contributed by atoms with Crippen LogP contribution in [0.4, 0.5) is 0 Å². The van der Waals surface area contributed by atoms with Crippen molar-refractivity contribution >= 4 is 0 Å². The van der Waals surface area contributed by atoms with Crippen molar-refractivity contribution in [3.63, 3.8) is 0 Å². The predicted molar refractivity (Wildman–Crippen MR) is 259 cm³/mol. The maximum absolute atomic E-state index is 2.53. The van der Waals surface area contributed by atoms with Crippen LogP contribution >= 0.6 is 0 Å². The van der Waals surface area contributed by atoms with E-state index in [1.807, 2.05) is 0 Å². The zero-order valence-electron chi connectivity index (χ0n) is 44.5. The van der Waals surface area contributed by atoms with Gasteiger partial charge in [-0.05, 0) is 162 Å². The quantitative estimate of drug-likeness (QED) is 0.185. The van der Waals surface area contributed by atoms with E-state index in [2.05, 4.69) is 194 Å². The Bertz CT molecular complexity index is 718. The Hall–Kier alpha value is 0. The first-order valence-electron chi connectivity index (χ1n) is 24.6. The lowest BCUT2D eigenvalue weighted by Crippen LogP contribution is -2.66. The summed E-state index contributed by atoms with van der Waals surface area (Å²) in [7, 11) is 0. The van der Waals surface area contributed by atoms with Crippen LogP contribution in [0, 0.1) is 98.1 Å². The minimum absolute atomic E-state index is 0.588. The van der Waals surface area contributed by atoms with E-state index in [0.717, 1.165) is 71.0 Å². The van der Waals surface area contributed by atoms with E-state index in [1.54, 1.807) is 0 Å². The van der Waals surface area contributed by atoms with Gasteiger partial charge in [-0.15, -0.1) is 0 Å². The molecule has 0 heteroatoms. The first-order valence-corrected chi connectivity index (χ1v) is 24.6. The normalized spacial score (nSPS) is 25.7. The summed E-state index contributed by atoms with van der Waals surface area (Å²) >= 11 is 0. The van der Waals surface area contributed by atoms with Gasteiger partial charge in [0.15, 0.2) is 0 Å². The fourth-order valence-electron chi connectivity index (χ4n) is 11.4. The molecule has 0 atom stereocenters. The van der Waals surface area contributed by atoms with Crippen LogP contribution in [-0.4, -0.2) is 0 Å². The summed E-state index contributed by atoms with van der Waals surface area (Å²) in [5.41, 5.74) is 3.12. The molecule has 0 aromatic rings. The summed E-state index contributed by atoms with van der Waals surface area (Å²) in [5.74, 6) is 10.0. The number of rotatable bonds is 12. The van der Waals surface area contributed by atoms with Crippen molar-refractivity contribution in [3.05, 3.63) is 0 Å². The molecule has 4 fully saturated rings. The molecule has 0 aromatic heterocycles. The molecule has 55 heavy (non-hydrogen) atoms. The number of hydrogen-bond acceptors (Lipinski definition) is 0. The van der Waals surface area contributed by atoms with Crippen molar-refractivity contribution in [1.82, 2.24) is 0 Å². The first kappa shape index (κ1) is 59.3. The van der Waals surface area contributed by atoms with Crippen LogP contribution in [0.1, 0.15) is 258 Å². The van der Waals surface area contributed by atoms with Crippen molar-refractivity contribution in [1.29, 1.82) is 0 Å². The van der Waals surface area contributed by atoms with Crippen LogP contribution in [0.25, 0.3) is 0 Å². The summed E-state index contributed by atoms with van der Waals surface area (Å²) < 4.78 is 0. The van der Waals surface area contributed by atoms with Crippen LogP contribution in [0.5, 0.6) is 0 Å². The first-order chi connectivity index (χ1) is 24.6. The summed E-state index contributed by atoms with van der Waals surface area (Å²) in [6.45, 7) is 65.3. The van der Waals surface area contributed by atoms with E-state index in [1.165, 1.54) is 64.2 Å². The van der Waals surface area contributed by atoms with Crippen LogP contribution in [0.15, 0.2) is 0 Å². The highest BCUT2D eigenvalue weighted by Gasteiger charge is 2.69. The monoisotopic (exact) mass is 777 g/mol. The molecule has 4 bridgehead atoms. The van der Waals surface area contributed by atoms with Gasteiger partial charge in [-0.2, -0.15) is 0 Å². The molecule has 0 aromatic carbocycles. The molecule has 0 nitrogen and oxygen atoms in total. The van der Waals surface area contributed by atoms with Gasteiger partial charge in [-0.1, -0.05) is 194 Å². The minimum atomic E-state index is 0.588. The highest BCUT2D eigenvalue weighted by molar-refractivity contribution is 5.19. The lowest BCUT2D eigenvalue weighted by Gasteiger charge is -2.75. The lowest BCUT2D eigenvalue weighted by molar-refractivity contribution is -0.252. The van der Waals surface area contributed by atoms with Crippen molar-refractivity contribution in [2.24, 2.45) is 98.1 Å². The SMILES string of the molecule is CC(C)C.CC(C)C.CC(C)C.CC(C)C.CC(C)C12CC3(C(C)C)CC(C(C)C)(C1)CC(C(C)C)(C2)C3.CC(C)CC(CC(C)C)(CC(C)C)CC(C)C. The third-order valence-electron chi connectivity index (χ3n) is 12.5. The second-order valence-electron chi connectivity index (χ2n) is 25.9. The smallest absolute Gasteiger partial charge is 0.0258 e. The van der Waals surface area contributed by atoms with Gasteiger partial charge in [0.1, 0.15) is 0 Å². The fraction of sp³-hybridized carbons (Fsp3) is 1.00. The zero-order valence-corrected chi connectivity index (χ0v) is 44.5. The second kappa shape index (κ2) is 26.3. The van der Waals surface area contributed by atoms with Gasteiger partial charge in [-0.25, -0.2) is 0 Å². The minimum Gasteiger partial charge on any atom is -0.0630 e. The van der Waals surface area contributed by atoms with Crippen molar-refractivity contribution in [2.75, 3.05) is 0 Å². The third-order valence-corrected chi connectivity index (χ3v) is 12.5. The molecule has 0 N–H and O–H groups in total. The van der Waals surface area contributed by atoms with Gasteiger partial charge in [0, 0.05) is 0 Å². The Kier molecular flexibility index (Phi) is 28.3. The maximum Gasteiger partial charge on any atom is -0.0258 e. The largest absolute Gasteiger partial charge is 0.0630 e. The maximum atomic E-state index is 2.53. The highest BCUT2D eigenvalue weighted by atomic mass is 14.7. The van der Waals surface area contributed by atoms with Gasteiger partial charge in [0.2, 0.25) is 0 Å². The van der Waals surface area contributed by atoms with Crippen LogP contribution in [0.2, 0.25) is 0 Å². The molecule has 0 amide bonds. The van der Waals surface area contributed by atoms with E-state index in [4.69, 9.17) is 0 Å². The van der Waals surface area contributed by atoms with Gasteiger partial charge in [0.25, 0.3) is 0 Å². The van der Waals surface area contributed by atoms with E-state index in [-0.39, 0.29) is 0 Å². The van der Waals surface area contributed by atoms with Crippen molar-refractivity contribution in [2.45, 2.75) is 258 Å². The van der Waals surface area contributed by atoms with Crippen LogP contribution in [0.3, 0.4) is 0 Å². The summed E-state index contributed by atoms with van der Waals surface area (Å²) in [6.07, 6.45) is 14.8. The Morgan fingerprint density at radius 1 is 0.255 bits per heavy atom. The Morgan fingerprint density at radius 3 is 0.436 bits per heavy atom. The van der Waals surface area contributed by atoms with Gasteiger partial charge >= 0.3 is 0 Å². The third kappa shape index (κ3) is 22.8. The predicted octanol–water partition coefficient (Wildman–Crippen LogP) is 19.7. The second-order valence-corrected chi connectivity index (χ2v) is 25.9. The lowest BCUT2D eigenvalue weighted by atomic mass is 9.30. The molecule has 0 saturated heterocycles. The molecule has 4 aliphatic rings. The van der Waals surface area contributed by atoms with Crippen LogP contribution in [-0.2, 0) is 0 Å². The van der Waals surface area contributed by atoms with Crippen molar-refractivity contribution in [3.8, 4) is 0 Å². The number of hydrogen-bond donors (Lipinski definition) is 0.